The summed E-state index contributed by atoms with van der Waals surface area (Å²) in [5.41, 5.74) is 10.1. The quantitative estimate of drug-likeness (QED) is 0.768. The molecule has 2 heteroatoms. The van der Waals surface area contributed by atoms with Crippen LogP contribution in [0.15, 0.2) is 18.2 Å². The molecule has 0 saturated carbocycles. The van der Waals surface area contributed by atoms with Gasteiger partial charge in [-0.3, -0.25) is 0 Å². The minimum Gasteiger partial charge on any atom is -0.384 e. The lowest BCUT2D eigenvalue weighted by molar-refractivity contribution is 0.638. The summed E-state index contributed by atoms with van der Waals surface area (Å²) in [6.07, 6.45) is 3.37. The third kappa shape index (κ3) is 1.75. The fourth-order valence-electron chi connectivity index (χ4n) is 2.03. The number of rotatable bonds is 3. The summed E-state index contributed by atoms with van der Waals surface area (Å²) in [5.74, 6) is 0. The molecule has 0 amide bonds. The summed E-state index contributed by atoms with van der Waals surface area (Å²) in [7, 11) is 0. The molecule has 1 aliphatic heterocycles. The standard InChI is InChI=1S/C12H18N2/c1-2-3-11(13)9-4-5-12-10(8-9)6-7-14-12/h4-5,8,11,14H,2-3,6-7,13H2,1H3/t11-/m1/s1. The van der Waals surface area contributed by atoms with Gasteiger partial charge in [0.25, 0.3) is 0 Å². The van der Waals surface area contributed by atoms with Crippen molar-refractivity contribution in [1.82, 2.24) is 0 Å². The highest BCUT2D eigenvalue weighted by Gasteiger charge is 2.12. The molecule has 2 rings (SSSR count). The van der Waals surface area contributed by atoms with Crippen LogP contribution in [0.3, 0.4) is 0 Å². The molecule has 0 fully saturated rings. The average molecular weight is 190 g/mol. The Morgan fingerprint density at radius 1 is 1.50 bits per heavy atom. The first-order valence-electron chi connectivity index (χ1n) is 5.43. The van der Waals surface area contributed by atoms with Gasteiger partial charge in [0.1, 0.15) is 0 Å². The zero-order chi connectivity index (χ0) is 9.97. The number of nitrogens with two attached hydrogens (primary N) is 1. The Balaban J connectivity index is 2.19. The monoisotopic (exact) mass is 190 g/mol. The number of benzene rings is 1. The van der Waals surface area contributed by atoms with Gasteiger partial charge in [0.2, 0.25) is 0 Å². The number of hydrogen-bond donors (Lipinski definition) is 2. The smallest absolute Gasteiger partial charge is 0.0373 e. The molecule has 0 saturated heterocycles. The topological polar surface area (TPSA) is 38.0 Å². The van der Waals surface area contributed by atoms with Crippen molar-refractivity contribution in [2.45, 2.75) is 32.2 Å². The summed E-state index contributed by atoms with van der Waals surface area (Å²) in [6.45, 7) is 3.25. The van der Waals surface area contributed by atoms with Crippen LogP contribution in [0.5, 0.6) is 0 Å². The summed E-state index contributed by atoms with van der Waals surface area (Å²) in [4.78, 5) is 0. The van der Waals surface area contributed by atoms with E-state index in [1.54, 1.807) is 0 Å². The fraction of sp³-hybridized carbons (Fsp3) is 0.500. The van der Waals surface area contributed by atoms with Gasteiger partial charge in [-0.15, -0.1) is 0 Å². The molecule has 1 aromatic carbocycles. The van der Waals surface area contributed by atoms with Crippen LogP contribution in [0, 0.1) is 0 Å². The molecular weight excluding hydrogens is 172 g/mol. The molecule has 0 unspecified atom stereocenters. The Hall–Kier alpha value is -1.02. The first-order chi connectivity index (χ1) is 6.81. The number of hydrogen-bond acceptors (Lipinski definition) is 2. The van der Waals surface area contributed by atoms with Crippen molar-refractivity contribution in [2.24, 2.45) is 5.73 Å². The summed E-state index contributed by atoms with van der Waals surface area (Å²) in [5, 5.41) is 3.36. The normalized spacial score (nSPS) is 16.1. The largest absolute Gasteiger partial charge is 0.384 e. The van der Waals surface area contributed by atoms with Gasteiger partial charge in [0.15, 0.2) is 0 Å². The van der Waals surface area contributed by atoms with E-state index in [4.69, 9.17) is 5.73 Å². The summed E-state index contributed by atoms with van der Waals surface area (Å²) < 4.78 is 0. The lowest BCUT2D eigenvalue weighted by Crippen LogP contribution is -2.09. The average Bonchev–Trinajstić information content (AvgIpc) is 2.64. The first kappa shape index (κ1) is 9.53. The second-order valence-corrected chi connectivity index (χ2v) is 3.99. The summed E-state index contributed by atoms with van der Waals surface area (Å²) in [6, 6.07) is 6.78. The van der Waals surface area contributed by atoms with Gasteiger partial charge in [0.05, 0.1) is 0 Å². The highest BCUT2D eigenvalue weighted by Crippen LogP contribution is 2.26. The lowest BCUT2D eigenvalue weighted by atomic mass is 10.00. The van der Waals surface area contributed by atoms with Crippen LogP contribution in [0.1, 0.15) is 36.9 Å². The van der Waals surface area contributed by atoms with E-state index in [2.05, 4.69) is 30.4 Å². The third-order valence-corrected chi connectivity index (χ3v) is 2.87. The Morgan fingerprint density at radius 2 is 2.36 bits per heavy atom. The van der Waals surface area contributed by atoms with E-state index in [1.807, 2.05) is 0 Å². The molecule has 1 aliphatic rings. The van der Waals surface area contributed by atoms with Crippen LogP contribution in [0.25, 0.3) is 0 Å². The van der Waals surface area contributed by atoms with Crippen molar-refractivity contribution in [3.05, 3.63) is 29.3 Å². The minimum atomic E-state index is 0.214. The zero-order valence-electron chi connectivity index (χ0n) is 8.72. The molecule has 1 aromatic rings. The second-order valence-electron chi connectivity index (χ2n) is 3.99. The minimum absolute atomic E-state index is 0.214. The second kappa shape index (κ2) is 4.01. The van der Waals surface area contributed by atoms with Crippen molar-refractivity contribution in [1.29, 1.82) is 0 Å². The predicted molar refractivity (Wildman–Crippen MR) is 60.5 cm³/mol. The Bertz CT molecular complexity index is 320. The SMILES string of the molecule is CCC[C@@H](N)c1ccc2c(c1)CCN2. The molecule has 0 aromatic heterocycles. The number of anilines is 1. The molecule has 14 heavy (non-hydrogen) atoms. The van der Waals surface area contributed by atoms with E-state index in [0.29, 0.717) is 0 Å². The van der Waals surface area contributed by atoms with Crippen LogP contribution in [0.2, 0.25) is 0 Å². The maximum absolute atomic E-state index is 6.08. The number of fused-ring (bicyclic) bond motifs is 1. The lowest BCUT2D eigenvalue weighted by Gasteiger charge is -2.12. The molecule has 0 spiro atoms. The van der Waals surface area contributed by atoms with Crippen molar-refractivity contribution in [3.8, 4) is 0 Å². The van der Waals surface area contributed by atoms with E-state index in [0.717, 1.165) is 25.8 Å². The van der Waals surface area contributed by atoms with Crippen molar-refractivity contribution < 1.29 is 0 Å². The van der Waals surface area contributed by atoms with E-state index in [-0.39, 0.29) is 6.04 Å². The van der Waals surface area contributed by atoms with Gasteiger partial charge in [-0.25, -0.2) is 0 Å². The summed E-state index contributed by atoms with van der Waals surface area (Å²) >= 11 is 0. The predicted octanol–water partition coefficient (Wildman–Crippen LogP) is 2.45. The van der Waals surface area contributed by atoms with Gasteiger partial charge >= 0.3 is 0 Å². The third-order valence-electron chi connectivity index (χ3n) is 2.87. The molecular formula is C12H18N2. The van der Waals surface area contributed by atoms with Gasteiger partial charge in [-0.1, -0.05) is 25.5 Å². The maximum Gasteiger partial charge on any atom is 0.0373 e. The molecule has 76 valence electrons. The van der Waals surface area contributed by atoms with Crippen molar-refractivity contribution >= 4 is 5.69 Å². The van der Waals surface area contributed by atoms with Gasteiger partial charge in [-0.05, 0) is 30.0 Å². The molecule has 2 nitrogen and oxygen atoms in total. The fourth-order valence-corrected chi connectivity index (χ4v) is 2.03. The van der Waals surface area contributed by atoms with Crippen molar-refractivity contribution in [2.75, 3.05) is 11.9 Å². The van der Waals surface area contributed by atoms with Gasteiger partial charge in [-0.2, -0.15) is 0 Å². The first-order valence-corrected chi connectivity index (χ1v) is 5.43. The zero-order valence-corrected chi connectivity index (χ0v) is 8.72. The van der Waals surface area contributed by atoms with E-state index in [1.165, 1.54) is 16.8 Å². The van der Waals surface area contributed by atoms with Crippen molar-refractivity contribution in [3.63, 3.8) is 0 Å². The van der Waals surface area contributed by atoms with Crippen LogP contribution < -0.4 is 11.1 Å². The Labute approximate surface area is 85.5 Å². The highest BCUT2D eigenvalue weighted by atomic mass is 14.9. The van der Waals surface area contributed by atoms with Crippen LogP contribution in [-0.4, -0.2) is 6.54 Å². The molecule has 3 N–H and O–H groups in total. The molecule has 0 bridgehead atoms. The molecule has 0 aliphatic carbocycles. The highest BCUT2D eigenvalue weighted by molar-refractivity contribution is 5.56. The Morgan fingerprint density at radius 3 is 3.14 bits per heavy atom. The molecule has 1 atom stereocenters. The van der Waals surface area contributed by atoms with Gasteiger partial charge < -0.3 is 11.1 Å². The molecule has 1 heterocycles. The van der Waals surface area contributed by atoms with E-state index >= 15 is 0 Å². The van der Waals surface area contributed by atoms with Crippen LogP contribution in [-0.2, 0) is 6.42 Å². The molecule has 0 radical (unpaired) electrons. The van der Waals surface area contributed by atoms with Crippen LogP contribution >= 0.6 is 0 Å². The van der Waals surface area contributed by atoms with Gasteiger partial charge in [0, 0.05) is 18.3 Å². The maximum atomic E-state index is 6.08. The Kier molecular flexibility index (Phi) is 2.73. The van der Waals surface area contributed by atoms with E-state index in [9.17, 15) is 0 Å². The van der Waals surface area contributed by atoms with E-state index < -0.39 is 0 Å². The number of nitrogens with one attached hydrogen (secondary N) is 1. The van der Waals surface area contributed by atoms with Crippen LogP contribution in [0.4, 0.5) is 5.69 Å².